The molecule has 0 radical (unpaired) electrons. The molecule has 2 aromatic rings. The molecule has 0 amide bonds. The minimum absolute atomic E-state index is 0.109. The molecule has 0 saturated carbocycles. The number of aliphatic hydroxyl groups is 4. The fourth-order valence-electron chi connectivity index (χ4n) is 2.72. The Morgan fingerprint density at radius 2 is 2.04 bits per heavy atom. The third-order valence-corrected chi connectivity index (χ3v) is 4.20. The zero-order valence-electron chi connectivity index (χ0n) is 14.7. The largest absolute Gasteiger partial charge is 0.394 e. The average molecular weight is 381 g/mol. The van der Waals surface area contributed by atoms with Crippen LogP contribution in [0, 0.1) is 0 Å². The monoisotopic (exact) mass is 381 g/mol. The van der Waals surface area contributed by atoms with Gasteiger partial charge in [0, 0.05) is 0 Å². The van der Waals surface area contributed by atoms with Crippen molar-refractivity contribution >= 4 is 23.1 Å². The van der Waals surface area contributed by atoms with E-state index < -0.39 is 37.3 Å². The number of hydrogen-bond donors (Lipinski definition) is 5. The minimum atomic E-state index is -1.56. The molecule has 1 aliphatic rings. The van der Waals surface area contributed by atoms with Crippen molar-refractivity contribution in [1.82, 2.24) is 19.7 Å². The molecule has 1 saturated heterocycles. The molecule has 0 spiro atoms. The lowest BCUT2D eigenvalue weighted by Crippen LogP contribution is -2.61. The standard InChI is InChI=1S/C16H23N5O6/c1-2-3-4-5-9-19-14(17)10-15(20-9)18-7-21(10)27-16-13(25)12(24)11(23)8(6-22)26-16/h4-5,7-8,11-13,16,22-25H,2-3,6H2,1H3,(H2,17,19,20)/t8-,11-,12+,13-,16?/m1/s1. The van der Waals surface area contributed by atoms with Crippen molar-refractivity contribution in [3.05, 3.63) is 18.2 Å². The summed E-state index contributed by atoms with van der Waals surface area (Å²) in [6.45, 7) is 1.50. The first-order valence-electron chi connectivity index (χ1n) is 8.61. The van der Waals surface area contributed by atoms with E-state index in [1.54, 1.807) is 6.08 Å². The van der Waals surface area contributed by atoms with E-state index in [-0.39, 0.29) is 17.0 Å². The van der Waals surface area contributed by atoms with Crippen molar-refractivity contribution in [2.45, 2.75) is 50.5 Å². The molecule has 1 aliphatic heterocycles. The zero-order valence-corrected chi connectivity index (χ0v) is 14.7. The molecule has 1 fully saturated rings. The van der Waals surface area contributed by atoms with Gasteiger partial charge in [0.15, 0.2) is 22.8 Å². The second-order valence-electron chi connectivity index (χ2n) is 6.20. The minimum Gasteiger partial charge on any atom is -0.394 e. The van der Waals surface area contributed by atoms with E-state index >= 15 is 0 Å². The SMILES string of the molecule is CCCC=Cc1nc(N)c2c(ncn2OC2O[C@H](CO)[C@@H](O)[C@H](O)[C@H]2O)n1. The number of nitrogen functional groups attached to an aromatic ring is 1. The molecule has 11 nitrogen and oxygen atoms in total. The van der Waals surface area contributed by atoms with E-state index in [1.807, 2.05) is 6.08 Å². The predicted octanol–water partition coefficient (Wildman–Crippen LogP) is -1.55. The smallest absolute Gasteiger partial charge is 0.254 e. The Bertz CT molecular complexity index is 810. The lowest BCUT2D eigenvalue weighted by atomic mass is 9.99. The molecule has 0 aromatic carbocycles. The van der Waals surface area contributed by atoms with E-state index in [1.165, 1.54) is 6.33 Å². The van der Waals surface area contributed by atoms with Crippen LogP contribution in [0.25, 0.3) is 17.2 Å². The Morgan fingerprint density at radius 1 is 1.26 bits per heavy atom. The highest BCUT2D eigenvalue weighted by atomic mass is 16.8. The number of aliphatic hydroxyl groups excluding tert-OH is 4. The Hall–Kier alpha value is -2.31. The number of rotatable bonds is 6. The van der Waals surface area contributed by atoms with Gasteiger partial charge in [-0.15, -0.1) is 0 Å². The third-order valence-electron chi connectivity index (χ3n) is 4.20. The quantitative estimate of drug-likeness (QED) is 0.395. The summed E-state index contributed by atoms with van der Waals surface area (Å²) in [5, 5.41) is 39.0. The summed E-state index contributed by atoms with van der Waals surface area (Å²) >= 11 is 0. The van der Waals surface area contributed by atoms with Gasteiger partial charge in [-0.3, -0.25) is 0 Å². The van der Waals surface area contributed by atoms with Crippen molar-refractivity contribution in [3.63, 3.8) is 0 Å². The summed E-state index contributed by atoms with van der Waals surface area (Å²) in [7, 11) is 0. The van der Waals surface area contributed by atoms with Crippen molar-refractivity contribution in [2.75, 3.05) is 12.3 Å². The fourth-order valence-corrected chi connectivity index (χ4v) is 2.72. The number of imidazole rings is 1. The van der Waals surface area contributed by atoms with Crippen molar-refractivity contribution in [2.24, 2.45) is 0 Å². The summed E-state index contributed by atoms with van der Waals surface area (Å²) < 4.78 is 6.43. The summed E-state index contributed by atoms with van der Waals surface area (Å²) in [6, 6.07) is 0. The molecule has 11 heteroatoms. The Morgan fingerprint density at radius 3 is 2.74 bits per heavy atom. The molecular weight excluding hydrogens is 358 g/mol. The summed E-state index contributed by atoms with van der Waals surface area (Å²) in [4.78, 5) is 18.1. The average Bonchev–Trinajstić information content (AvgIpc) is 3.05. The van der Waals surface area contributed by atoms with Crippen LogP contribution in [-0.4, -0.2) is 77.4 Å². The van der Waals surface area contributed by atoms with Crippen LogP contribution in [0.15, 0.2) is 12.4 Å². The third kappa shape index (κ3) is 3.87. The van der Waals surface area contributed by atoms with Crippen LogP contribution in [0.3, 0.4) is 0 Å². The maximum absolute atomic E-state index is 10.1. The lowest BCUT2D eigenvalue weighted by Gasteiger charge is -2.39. The molecule has 0 bridgehead atoms. The highest BCUT2D eigenvalue weighted by Crippen LogP contribution is 2.23. The van der Waals surface area contributed by atoms with Crippen molar-refractivity contribution in [1.29, 1.82) is 0 Å². The van der Waals surface area contributed by atoms with Gasteiger partial charge in [0.2, 0.25) is 0 Å². The second kappa shape index (κ2) is 8.15. The molecule has 3 heterocycles. The number of nitrogens with two attached hydrogens (primary N) is 1. The van der Waals surface area contributed by atoms with Gasteiger partial charge in [-0.1, -0.05) is 19.4 Å². The van der Waals surface area contributed by atoms with Crippen LogP contribution in [0.1, 0.15) is 25.6 Å². The second-order valence-corrected chi connectivity index (χ2v) is 6.20. The van der Waals surface area contributed by atoms with Crippen LogP contribution >= 0.6 is 0 Å². The van der Waals surface area contributed by atoms with Gasteiger partial charge in [0.25, 0.3) is 6.29 Å². The van der Waals surface area contributed by atoms with Gasteiger partial charge < -0.3 is 35.7 Å². The maximum Gasteiger partial charge on any atom is 0.254 e. The van der Waals surface area contributed by atoms with Gasteiger partial charge in [0.05, 0.1) is 6.61 Å². The number of hydrogen-bond acceptors (Lipinski definition) is 10. The van der Waals surface area contributed by atoms with Crippen molar-refractivity contribution < 1.29 is 30.0 Å². The van der Waals surface area contributed by atoms with Crippen LogP contribution in [-0.2, 0) is 4.74 Å². The molecule has 3 rings (SSSR count). The zero-order chi connectivity index (χ0) is 19.6. The van der Waals surface area contributed by atoms with Gasteiger partial charge >= 0.3 is 0 Å². The Balaban J connectivity index is 1.85. The highest BCUT2D eigenvalue weighted by molar-refractivity contribution is 5.82. The number of allylic oxidation sites excluding steroid dienone is 1. The molecule has 2 aromatic heterocycles. The molecule has 5 atom stereocenters. The van der Waals surface area contributed by atoms with E-state index in [0.29, 0.717) is 5.82 Å². The lowest BCUT2D eigenvalue weighted by molar-refractivity contribution is -0.299. The number of unbranched alkanes of at least 4 members (excludes halogenated alkanes) is 1. The summed E-state index contributed by atoms with van der Waals surface area (Å²) in [5.74, 6) is 0.518. The van der Waals surface area contributed by atoms with Gasteiger partial charge in [0.1, 0.15) is 30.7 Å². The first kappa shape index (κ1) is 19.5. The Labute approximate surface area is 154 Å². The van der Waals surface area contributed by atoms with Crippen LogP contribution in [0.5, 0.6) is 0 Å². The van der Waals surface area contributed by atoms with E-state index in [2.05, 4.69) is 21.9 Å². The van der Waals surface area contributed by atoms with E-state index in [4.69, 9.17) is 15.3 Å². The summed E-state index contributed by atoms with van der Waals surface area (Å²) in [6.07, 6.45) is -0.219. The highest BCUT2D eigenvalue weighted by Gasteiger charge is 2.45. The predicted molar refractivity (Wildman–Crippen MR) is 94.0 cm³/mol. The summed E-state index contributed by atoms with van der Waals surface area (Å²) in [5.41, 5.74) is 6.53. The maximum atomic E-state index is 10.1. The normalized spacial score (nSPS) is 28.9. The molecular formula is C16H23N5O6. The van der Waals surface area contributed by atoms with Gasteiger partial charge in [-0.05, 0) is 12.5 Å². The Kier molecular flexibility index (Phi) is 5.87. The molecule has 1 unspecified atom stereocenters. The number of anilines is 1. The van der Waals surface area contributed by atoms with Gasteiger partial charge in [-0.2, -0.15) is 4.73 Å². The first-order chi connectivity index (χ1) is 13.0. The molecule has 0 aliphatic carbocycles. The molecule has 148 valence electrons. The number of ether oxygens (including phenoxy) is 1. The van der Waals surface area contributed by atoms with Crippen LogP contribution < -0.4 is 10.6 Å². The number of fused-ring (bicyclic) bond motifs is 1. The fraction of sp³-hybridized carbons (Fsp3) is 0.562. The molecule has 6 N–H and O–H groups in total. The van der Waals surface area contributed by atoms with E-state index in [0.717, 1.165) is 17.6 Å². The van der Waals surface area contributed by atoms with Gasteiger partial charge in [-0.25, -0.2) is 15.0 Å². The van der Waals surface area contributed by atoms with Crippen LogP contribution in [0.2, 0.25) is 0 Å². The van der Waals surface area contributed by atoms with Crippen LogP contribution in [0.4, 0.5) is 5.82 Å². The van der Waals surface area contributed by atoms with Crippen molar-refractivity contribution in [3.8, 4) is 0 Å². The number of nitrogens with zero attached hydrogens (tertiary/aromatic N) is 4. The van der Waals surface area contributed by atoms with E-state index in [9.17, 15) is 20.4 Å². The molecule has 27 heavy (non-hydrogen) atoms. The first-order valence-corrected chi connectivity index (χ1v) is 8.61. The topological polar surface area (TPSA) is 169 Å². The number of aromatic nitrogens is 4.